The van der Waals surface area contributed by atoms with E-state index in [9.17, 15) is 20.1 Å². The Morgan fingerprint density at radius 3 is 1.69 bits per heavy atom. The molecule has 2 N–H and O–H groups in total. The number of nitrogens with zero attached hydrogens (tertiary/aromatic N) is 3. The fraction of sp³-hybridized carbons (Fsp3) is 0.485. The quantitative estimate of drug-likeness (QED) is 0.318. The van der Waals surface area contributed by atoms with Gasteiger partial charge < -0.3 is 10.6 Å². The first kappa shape index (κ1) is 29.9. The topological polar surface area (TPSA) is 119 Å². The number of fused-ring (bicyclic) bond motifs is 2. The van der Waals surface area contributed by atoms with Crippen molar-refractivity contribution in [3.05, 3.63) is 61.6 Å². The molecule has 0 saturated heterocycles. The molecule has 0 spiro atoms. The molecule has 0 fully saturated rings. The Labute approximate surface area is 256 Å². The maximum Gasteiger partial charge on any atom is 0.274 e. The van der Waals surface area contributed by atoms with Crippen molar-refractivity contribution in [2.24, 2.45) is 22.7 Å². The summed E-state index contributed by atoms with van der Waals surface area (Å²) >= 11 is 2.97. The second-order valence-corrected chi connectivity index (χ2v) is 15.8. The van der Waals surface area contributed by atoms with Crippen LogP contribution in [0.25, 0.3) is 0 Å². The Morgan fingerprint density at radius 1 is 0.810 bits per heavy atom. The average molecular weight is 600 g/mol. The van der Waals surface area contributed by atoms with Crippen molar-refractivity contribution < 1.29 is 9.59 Å². The Kier molecular flexibility index (Phi) is 8.04. The highest BCUT2D eigenvalue weighted by Gasteiger charge is 2.34. The van der Waals surface area contributed by atoms with Gasteiger partial charge in [-0.05, 0) is 84.5 Å². The molecule has 5 rings (SSSR count). The lowest BCUT2D eigenvalue weighted by atomic mass is 9.72. The fourth-order valence-electron chi connectivity index (χ4n) is 6.07. The summed E-state index contributed by atoms with van der Waals surface area (Å²) < 4.78 is 0. The van der Waals surface area contributed by atoms with E-state index in [1.165, 1.54) is 44.7 Å². The van der Waals surface area contributed by atoms with Crippen LogP contribution in [0.3, 0.4) is 0 Å². The minimum atomic E-state index is -0.421. The van der Waals surface area contributed by atoms with Gasteiger partial charge in [0.25, 0.3) is 11.8 Å². The summed E-state index contributed by atoms with van der Waals surface area (Å²) in [6, 6.07) is 7.67. The number of thiophene rings is 2. The van der Waals surface area contributed by atoms with Gasteiger partial charge in [0.05, 0.1) is 16.7 Å². The van der Waals surface area contributed by atoms with E-state index in [1.54, 1.807) is 6.07 Å². The van der Waals surface area contributed by atoms with E-state index < -0.39 is 5.91 Å². The summed E-state index contributed by atoms with van der Waals surface area (Å²) in [6.07, 6.45) is 6.94. The summed E-state index contributed by atoms with van der Waals surface area (Å²) in [7, 11) is 0. The molecule has 2 aliphatic carbocycles. The monoisotopic (exact) mass is 599 g/mol. The van der Waals surface area contributed by atoms with Gasteiger partial charge in [-0.15, -0.1) is 22.7 Å². The highest BCUT2D eigenvalue weighted by Crippen LogP contribution is 2.45. The molecule has 2 amide bonds. The molecule has 2 atom stereocenters. The zero-order valence-electron chi connectivity index (χ0n) is 25.1. The van der Waals surface area contributed by atoms with Crippen molar-refractivity contribution in [2.75, 3.05) is 10.6 Å². The number of aromatic nitrogens is 1. The number of rotatable bonds is 4. The van der Waals surface area contributed by atoms with E-state index >= 15 is 0 Å². The van der Waals surface area contributed by atoms with Crippen molar-refractivity contribution in [3.8, 4) is 12.1 Å². The van der Waals surface area contributed by atoms with Crippen LogP contribution < -0.4 is 10.6 Å². The standard InChI is InChI=1S/C33H37N5O2S2/c1-32(2,3)19-8-10-21-23(15-34)30(41-26(21)13-19)37-28(39)18-7-12-25(36-17-18)29(40)38-31-24(16-35)22-11-9-20(33(4,5)6)14-27(22)42-31/h7,12,17,19-20H,8-11,13-14H2,1-6H3,(H,37,39)(H,38,40). The third-order valence-electron chi connectivity index (χ3n) is 8.92. The lowest BCUT2D eigenvalue weighted by molar-refractivity contribution is 0.101. The molecule has 3 heterocycles. The van der Waals surface area contributed by atoms with E-state index in [1.807, 2.05) is 0 Å². The zero-order chi connectivity index (χ0) is 30.4. The number of nitrogens with one attached hydrogen (secondary N) is 2. The minimum absolute atomic E-state index is 0.159. The molecular weight excluding hydrogens is 563 g/mol. The molecule has 0 bridgehead atoms. The number of carbonyl (C=O) groups is 2. The number of amides is 2. The van der Waals surface area contributed by atoms with Gasteiger partial charge in [0.15, 0.2) is 0 Å². The van der Waals surface area contributed by atoms with Crippen LogP contribution in [0.15, 0.2) is 18.3 Å². The molecule has 7 nitrogen and oxygen atoms in total. The van der Waals surface area contributed by atoms with Crippen LogP contribution in [0.4, 0.5) is 10.0 Å². The summed E-state index contributed by atoms with van der Waals surface area (Å²) in [5, 5.41) is 26.7. The molecule has 0 aliphatic heterocycles. The second kappa shape index (κ2) is 11.3. The summed E-state index contributed by atoms with van der Waals surface area (Å²) in [5.74, 6) is 0.271. The Bertz CT molecular complexity index is 1500. The van der Waals surface area contributed by atoms with Gasteiger partial charge in [0, 0.05) is 16.0 Å². The number of pyridine rings is 1. The number of carbonyl (C=O) groups excluding carboxylic acids is 2. The van der Waals surface area contributed by atoms with E-state index in [0.29, 0.717) is 38.5 Å². The lowest BCUT2D eigenvalue weighted by Crippen LogP contribution is -2.26. The van der Waals surface area contributed by atoms with Crippen LogP contribution in [-0.2, 0) is 25.7 Å². The maximum absolute atomic E-state index is 13.1. The molecular formula is C33H37N5O2S2. The average Bonchev–Trinajstić information content (AvgIpc) is 3.47. The smallest absolute Gasteiger partial charge is 0.274 e. The summed E-state index contributed by atoms with van der Waals surface area (Å²) in [5.41, 5.74) is 4.05. The van der Waals surface area contributed by atoms with E-state index in [4.69, 9.17) is 0 Å². The Hall–Kier alpha value is -3.53. The molecule has 0 aromatic carbocycles. The van der Waals surface area contributed by atoms with Crippen molar-refractivity contribution >= 4 is 44.5 Å². The SMILES string of the molecule is CC(C)(C)C1CCc2c(sc(NC(=O)c3ccc(C(=O)Nc4sc5c(c4C#N)CCC(C(C)(C)C)C5)nc3)c2C#N)C1. The zero-order valence-corrected chi connectivity index (χ0v) is 26.7. The largest absolute Gasteiger partial charge is 0.312 e. The minimum Gasteiger partial charge on any atom is -0.312 e. The van der Waals surface area contributed by atoms with Gasteiger partial charge in [0.1, 0.15) is 27.8 Å². The van der Waals surface area contributed by atoms with Crippen LogP contribution >= 0.6 is 22.7 Å². The van der Waals surface area contributed by atoms with E-state index in [-0.39, 0.29) is 22.4 Å². The molecule has 218 valence electrons. The normalized spacial score (nSPS) is 18.3. The van der Waals surface area contributed by atoms with Gasteiger partial charge in [0.2, 0.25) is 0 Å². The lowest BCUT2D eigenvalue weighted by Gasteiger charge is -2.33. The van der Waals surface area contributed by atoms with Gasteiger partial charge >= 0.3 is 0 Å². The molecule has 42 heavy (non-hydrogen) atoms. The molecule has 9 heteroatoms. The molecule has 2 unspecified atom stereocenters. The molecule has 2 aliphatic rings. The van der Waals surface area contributed by atoms with Crippen LogP contribution in [0, 0.1) is 45.3 Å². The highest BCUT2D eigenvalue weighted by atomic mass is 32.1. The fourth-order valence-corrected chi connectivity index (χ4v) is 8.61. The first-order valence-corrected chi connectivity index (χ1v) is 16.1. The number of hydrogen-bond donors (Lipinski definition) is 2. The maximum atomic E-state index is 13.1. The van der Waals surface area contributed by atoms with Crippen LogP contribution in [-0.4, -0.2) is 16.8 Å². The molecule has 3 aromatic heterocycles. The van der Waals surface area contributed by atoms with Crippen LogP contribution in [0.5, 0.6) is 0 Å². The van der Waals surface area contributed by atoms with Gasteiger partial charge in [-0.3, -0.25) is 14.6 Å². The molecule has 0 saturated carbocycles. The first-order chi connectivity index (χ1) is 19.8. The molecule has 3 aromatic rings. The van der Waals surface area contributed by atoms with E-state index in [2.05, 4.69) is 69.3 Å². The van der Waals surface area contributed by atoms with Crippen molar-refractivity contribution in [3.63, 3.8) is 0 Å². The first-order valence-electron chi connectivity index (χ1n) is 14.5. The van der Waals surface area contributed by atoms with Crippen LogP contribution in [0.2, 0.25) is 0 Å². The van der Waals surface area contributed by atoms with Gasteiger partial charge in [-0.2, -0.15) is 10.5 Å². The Balaban J connectivity index is 1.28. The number of nitriles is 2. The summed E-state index contributed by atoms with van der Waals surface area (Å²) in [6.45, 7) is 13.5. The second-order valence-electron chi connectivity index (χ2n) is 13.6. The number of hydrogen-bond acceptors (Lipinski definition) is 7. The van der Waals surface area contributed by atoms with Crippen molar-refractivity contribution in [1.82, 2.24) is 4.98 Å². The van der Waals surface area contributed by atoms with Crippen LogP contribution in [0.1, 0.15) is 107 Å². The third kappa shape index (κ3) is 5.86. The highest BCUT2D eigenvalue weighted by molar-refractivity contribution is 7.17. The predicted molar refractivity (Wildman–Crippen MR) is 168 cm³/mol. The van der Waals surface area contributed by atoms with Gasteiger partial charge in [-0.25, -0.2) is 0 Å². The predicted octanol–water partition coefficient (Wildman–Crippen LogP) is 7.75. The van der Waals surface area contributed by atoms with Gasteiger partial charge in [-0.1, -0.05) is 41.5 Å². The molecule has 0 radical (unpaired) electrons. The Morgan fingerprint density at radius 2 is 1.29 bits per heavy atom. The van der Waals surface area contributed by atoms with Crippen molar-refractivity contribution in [2.45, 2.75) is 80.1 Å². The summed E-state index contributed by atoms with van der Waals surface area (Å²) in [4.78, 5) is 32.8. The van der Waals surface area contributed by atoms with E-state index in [0.717, 1.165) is 49.7 Å². The third-order valence-corrected chi connectivity index (χ3v) is 11.3. The van der Waals surface area contributed by atoms with Crippen molar-refractivity contribution in [1.29, 1.82) is 10.5 Å². The number of anilines is 2.